The van der Waals surface area contributed by atoms with E-state index in [-0.39, 0.29) is 5.91 Å². The quantitative estimate of drug-likeness (QED) is 0.776. The number of ether oxygens (including phenoxy) is 2. The lowest BCUT2D eigenvalue weighted by Gasteiger charge is -2.05. The number of pyridine rings is 1. The van der Waals surface area contributed by atoms with E-state index in [1.165, 1.54) is 0 Å². The molecule has 0 atom stereocenters. The Morgan fingerprint density at radius 2 is 2.00 bits per heavy atom. The number of rotatable bonds is 4. The number of nitrogens with zero attached hydrogens (tertiary/aromatic N) is 1. The SMILES string of the molecule is COc1cc(OC)c2[nH]c(C(=O)Nc3cccc(C)n3)cc2c1. The van der Waals surface area contributed by atoms with Crippen molar-refractivity contribution in [2.75, 3.05) is 19.5 Å². The van der Waals surface area contributed by atoms with Gasteiger partial charge in [0.2, 0.25) is 0 Å². The number of hydrogen-bond donors (Lipinski definition) is 2. The van der Waals surface area contributed by atoms with Gasteiger partial charge in [-0.1, -0.05) is 6.07 Å². The third kappa shape index (κ3) is 2.96. The van der Waals surface area contributed by atoms with Crippen LogP contribution in [0.1, 0.15) is 16.2 Å². The maximum atomic E-state index is 12.4. The van der Waals surface area contributed by atoms with E-state index in [4.69, 9.17) is 9.47 Å². The highest BCUT2D eigenvalue weighted by atomic mass is 16.5. The first kappa shape index (κ1) is 14.9. The molecule has 6 nitrogen and oxygen atoms in total. The molecule has 6 heteroatoms. The van der Waals surface area contributed by atoms with Crippen molar-refractivity contribution in [2.45, 2.75) is 6.92 Å². The summed E-state index contributed by atoms with van der Waals surface area (Å²) < 4.78 is 10.6. The zero-order valence-electron chi connectivity index (χ0n) is 13.1. The van der Waals surface area contributed by atoms with Gasteiger partial charge in [0.1, 0.15) is 23.0 Å². The van der Waals surface area contributed by atoms with Crippen LogP contribution in [-0.2, 0) is 0 Å². The van der Waals surface area contributed by atoms with Gasteiger partial charge < -0.3 is 19.8 Å². The van der Waals surface area contributed by atoms with E-state index in [9.17, 15) is 4.79 Å². The van der Waals surface area contributed by atoms with Gasteiger partial charge in [0.25, 0.3) is 5.91 Å². The Morgan fingerprint density at radius 3 is 2.70 bits per heavy atom. The molecule has 0 bridgehead atoms. The lowest BCUT2D eigenvalue weighted by atomic mass is 10.2. The van der Waals surface area contributed by atoms with Crippen LogP contribution in [0.4, 0.5) is 5.82 Å². The molecule has 0 aliphatic heterocycles. The van der Waals surface area contributed by atoms with Gasteiger partial charge in [0.05, 0.1) is 19.7 Å². The number of H-pyrrole nitrogens is 1. The summed E-state index contributed by atoms with van der Waals surface area (Å²) in [6.07, 6.45) is 0. The zero-order chi connectivity index (χ0) is 16.4. The fraction of sp³-hybridized carbons (Fsp3) is 0.176. The number of fused-ring (bicyclic) bond motifs is 1. The van der Waals surface area contributed by atoms with E-state index in [1.807, 2.05) is 25.1 Å². The summed E-state index contributed by atoms with van der Waals surface area (Å²) in [5.74, 6) is 1.53. The lowest BCUT2D eigenvalue weighted by molar-refractivity contribution is 0.102. The van der Waals surface area contributed by atoms with Gasteiger partial charge in [0, 0.05) is 17.1 Å². The Bertz CT molecular complexity index is 871. The highest BCUT2D eigenvalue weighted by molar-refractivity contribution is 6.06. The Labute approximate surface area is 133 Å². The third-order valence-electron chi connectivity index (χ3n) is 3.50. The number of anilines is 1. The molecule has 3 rings (SSSR count). The number of benzene rings is 1. The third-order valence-corrected chi connectivity index (χ3v) is 3.50. The molecule has 1 aromatic carbocycles. The summed E-state index contributed by atoms with van der Waals surface area (Å²) in [6, 6.07) is 10.8. The van der Waals surface area contributed by atoms with Crippen molar-refractivity contribution < 1.29 is 14.3 Å². The second-order valence-corrected chi connectivity index (χ2v) is 5.10. The fourth-order valence-corrected chi connectivity index (χ4v) is 2.38. The Morgan fingerprint density at radius 1 is 1.17 bits per heavy atom. The number of amides is 1. The Kier molecular flexibility index (Phi) is 3.89. The molecule has 2 heterocycles. The van der Waals surface area contributed by atoms with Crippen molar-refractivity contribution in [1.82, 2.24) is 9.97 Å². The maximum Gasteiger partial charge on any atom is 0.273 e. The molecule has 0 radical (unpaired) electrons. The standard InChI is InChI=1S/C17H17N3O3/c1-10-5-4-6-15(18-10)20-17(21)13-8-11-7-12(22-2)9-14(23-3)16(11)19-13/h4-9,19H,1-3H3,(H,18,20,21). The summed E-state index contributed by atoms with van der Waals surface area (Å²) in [5, 5.41) is 3.61. The number of hydrogen-bond acceptors (Lipinski definition) is 4. The van der Waals surface area contributed by atoms with Crippen LogP contribution >= 0.6 is 0 Å². The minimum Gasteiger partial charge on any atom is -0.497 e. The molecule has 0 saturated carbocycles. The molecule has 0 saturated heterocycles. The van der Waals surface area contributed by atoms with Crippen molar-refractivity contribution in [3.8, 4) is 11.5 Å². The molecular formula is C17H17N3O3. The number of nitrogens with one attached hydrogen (secondary N) is 2. The molecule has 0 unspecified atom stereocenters. The summed E-state index contributed by atoms with van der Waals surface area (Å²) in [4.78, 5) is 19.7. The second-order valence-electron chi connectivity index (χ2n) is 5.10. The molecule has 0 fully saturated rings. The monoisotopic (exact) mass is 311 g/mol. The predicted octanol–water partition coefficient (Wildman–Crippen LogP) is 3.14. The number of carbonyl (C=O) groups excluding carboxylic acids is 1. The van der Waals surface area contributed by atoms with Crippen LogP contribution in [0.3, 0.4) is 0 Å². The number of carbonyl (C=O) groups is 1. The van der Waals surface area contributed by atoms with Crippen LogP contribution in [0.2, 0.25) is 0 Å². The molecule has 3 aromatic rings. The van der Waals surface area contributed by atoms with E-state index in [0.29, 0.717) is 23.0 Å². The summed E-state index contributed by atoms with van der Waals surface area (Å²) in [5.41, 5.74) is 2.01. The van der Waals surface area contributed by atoms with Crippen LogP contribution in [0.25, 0.3) is 10.9 Å². The summed E-state index contributed by atoms with van der Waals surface area (Å²) >= 11 is 0. The van der Waals surface area contributed by atoms with E-state index >= 15 is 0 Å². The van der Waals surface area contributed by atoms with Crippen LogP contribution in [0.5, 0.6) is 11.5 Å². The fourth-order valence-electron chi connectivity index (χ4n) is 2.38. The molecule has 1 amide bonds. The second kappa shape index (κ2) is 6.00. The van der Waals surface area contributed by atoms with Crippen molar-refractivity contribution in [2.24, 2.45) is 0 Å². The first-order valence-corrected chi connectivity index (χ1v) is 7.10. The lowest BCUT2D eigenvalue weighted by Crippen LogP contribution is -2.13. The number of methoxy groups -OCH3 is 2. The van der Waals surface area contributed by atoms with Gasteiger partial charge in [-0.3, -0.25) is 4.79 Å². The minimum atomic E-state index is -0.264. The van der Waals surface area contributed by atoms with Gasteiger partial charge in [-0.15, -0.1) is 0 Å². The van der Waals surface area contributed by atoms with Crippen LogP contribution in [0.15, 0.2) is 36.4 Å². The average Bonchev–Trinajstić information content (AvgIpc) is 2.98. The van der Waals surface area contributed by atoms with Crippen molar-refractivity contribution in [1.29, 1.82) is 0 Å². The largest absolute Gasteiger partial charge is 0.497 e. The Hall–Kier alpha value is -3.02. The van der Waals surface area contributed by atoms with E-state index in [1.54, 1.807) is 32.4 Å². The molecular weight excluding hydrogens is 294 g/mol. The van der Waals surface area contributed by atoms with Crippen molar-refractivity contribution in [3.63, 3.8) is 0 Å². The highest BCUT2D eigenvalue weighted by Gasteiger charge is 2.14. The van der Waals surface area contributed by atoms with Gasteiger partial charge in [-0.2, -0.15) is 0 Å². The molecule has 0 aliphatic rings. The molecule has 0 aliphatic carbocycles. The van der Waals surface area contributed by atoms with E-state index < -0.39 is 0 Å². The molecule has 2 N–H and O–H groups in total. The first-order valence-electron chi connectivity index (χ1n) is 7.10. The van der Waals surface area contributed by atoms with Crippen LogP contribution < -0.4 is 14.8 Å². The number of aromatic amines is 1. The maximum absolute atomic E-state index is 12.4. The Balaban J connectivity index is 1.95. The highest BCUT2D eigenvalue weighted by Crippen LogP contribution is 2.31. The summed E-state index contributed by atoms with van der Waals surface area (Å²) in [6.45, 7) is 1.87. The van der Waals surface area contributed by atoms with Crippen molar-refractivity contribution >= 4 is 22.6 Å². The van der Waals surface area contributed by atoms with Gasteiger partial charge >= 0.3 is 0 Å². The van der Waals surface area contributed by atoms with Crippen LogP contribution in [0, 0.1) is 6.92 Å². The van der Waals surface area contributed by atoms with E-state index in [0.717, 1.165) is 16.6 Å². The predicted molar refractivity (Wildman–Crippen MR) is 88.3 cm³/mol. The van der Waals surface area contributed by atoms with Gasteiger partial charge in [-0.25, -0.2) is 4.98 Å². The first-order chi connectivity index (χ1) is 11.1. The summed E-state index contributed by atoms with van der Waals surface area (Å²) in [7, 11) is 3.16. The molecule has 0 spiro atoms. The molecule has 23 heavy (non-hydrogen) atoms. The average molecular weight is 311 g/mol. The van der Waals surface area contributed by atoms with Crippen molar-refractivity contribution in [3.05, 3.63) is 47.8 Å². The smallest absolute Gasteiger partial charge is 0.273 e. The van der Waals surface area contributed by atoms with Gasteiger partial charge in [0.15, 0.2) is 0 Å². The zero-order valence-corrected chi connectivity index (χ0v) is 13.1. The van der Waals surface area contributed by atoms with E-state index in [2.05, 4.69) is 15.3 Å². The van der Waals surface area contributed by atoms with Gasteiger partial charge in [-0.05, 0) is 31.2 Å². The topological polar surface area (TPSA) is 76.2 Å². The normalized spacial score (nSPS) is 10.6. The molecule has 2 aromatic heterocycles. The number of aryl methyl sites for hydroxylation is 1. The minimum absolute atomic E-state index is 0.264. The number of aromatic nitrogens is 2. The van der Waals surface area contributed by atoms with Crippen LogP contribution in [-0.4, -0.2) is 30.1 Å². The molecule has 118 valence electrons.